The van der Waals surface area contributed by atoms with E-state index in [1.165, 1.54) is 6.08 Å². The number of halogens is 2. The minimum Gasteiger partial charge on any atom is -0.399 e. The maximum Gasteiger partial charge on any atom is 0.248 e. The molecular formula is C15H12Cl2N2O. The van der Waals surface area contributed by atoms with E-state index in [-0.39, 0.29) is 5.91 Å². The number of hydrogen-bond acceptors (Lipinski definition) is 2. The van der Waals surface area contributed by atoms with E-state index in [9.17, 15) is 4.79 Å². The molecule has 0 atom stereocenters. The molecule has 20 heavy (non-hydrogen) atoms. The summed E-state index contributed by atoms with van der Waals surface area (Å²) >= 11 is 11.8. The molecule has 0 aromatic heterocycles. The summed E-state index contributed by atoms with van der Waals surface area (Å²) in [4.78, 5) is 11.8. The fourth-order valence-corrected chi connectivity index (χ4v) is 2.00. The van der Waals surface area contributed by atoms with Crippen LogP contribution in [0.2, 0.25) is 10.0 Å². The van der Waals surface area contributed by atoms with Crippen LogP contribution >= 0.6 is 23.2 Å². The van der Waals surface area contributed by atoms with E-state index in [2.05, 4.69) is 5.32 Å². The molecule has 0 saturated carbocycles. The van der Waals surface area contributed by atoms with Crippen molar-refractivity contribution in [2.75, 3.05) is 11.1 Å². The van der Waals surface area contributed by atoms with Crippen LogP contribution in [0.15, 0.2) is 48.5 Å². The minimum absolute atomic E-state index is 0.272. The smallest absolute Gasteiger partial charge is 0.248 e. The zero-order chi connectivity index (χ0) is 14.5. The van der Waals surface area contributed by atoms with Crippen LogP contribution in [-0.4, -0.2) is 5.91 Å². The Hall–Kier alpha value is -1.97. The highest BCUT2D eigenvalue weighted by atomic mass is 35.5. The Morgan fingerprint density at radius 3 is 2.45 bits per heavy atom. The molecule has 2 aromatic rings. The molecule has 3 N–H and O–H groups in total. The van der Waals surface area contributed by atoms with Crippen LogP contribution in [0.5, 0.6) is 0 Å². The van der Waals surface area contributed by atoms with Gasteiger partial charge in [-0.05, 0) is 42.0 Å². The Balaban J connectivity index is 2.03. The van der Waals surface area contributed by atoms with Crippen molar-refractivity contribution in [2.45, 2.75) is 0 Å². The molecular weight excluding hydrogens is 295 g/mol. The standard InChI is InChI=1S/C15H12Cl2N2O/c16-11-4-7-14(13(17)9-11)19-15(20)8-3-10-1-5-12(18)6-2-10/h1-9H,18H2,(H,19,20)/b8-3+. The molecule has 3 nitrogen and oxygen atoms in total. The second kappa shape index (κ2) is 6.46. The first kappa shape index (κ1) is 14.4. The molecule has 0 radical (unpaired) electrons. The second-order valence-electron chi connectivity index (χ2n) is 4.11. The van der Waals surface area contributed by atoms with E-state index in [0.717, 1.165) is 5.56 Å². The number of anilines is 2. The van der Waals surface area contributed by atoms with E-state index in [0.29, 0.717) is 21.4 Å². The van der Waals surface area contributed by atoms with E-state index >= 15 is 0 Å². The largest absolute Gasteiger partial charge is 0.399 e. The van der Waals surface area contributed by atoms with E-state index in [1.807, 2.05) is 12.1 Å². The van der Waals surface area contributed by atoms with Gasteiger partial charge >= 0.3 is 0 Å². The van der Waals surface area contributed by atoms with Crippen LogP contribution in [0.1, 0.15) is 5.56 Å². The fourth-order valence-electron chi connectivity index (χ4n) is 1.54. The molecule has 0 heterocycles. The topological polar surface area (TPSA) is 55.1 Å². The van der Waals surface area contributed by atoms with Gasteiger partial charge in [-0.2, -0.15) is 0 Å². The average Bonchev–Trinajstić information content (AvgIpc) is 2.41. The maximum atomic E-state index is 11.8. The summed E-state index contributed by atoms with van der Waals surface area (Å²) in [7, 11) is 0. The van der Waals surface area contributed by atoms with Crippen LogP contribution < -0.4 is 11.1 Å². The van der Waals surface area contributed by atoms with Crippen LogP contribution in [0, 0.1) is 0 Å². The van der Waals surface area contributed by atoms with Gasteiger partial charge in [0, 0.05) is 16.8 Å². The number of carbonyl (C=O) groups is 1. The zero-order valence-corrected chi connectivity index (χ0v) is 11.9. The molecule has 0 aliphatic heterocycles. The summed E-state index contributed by atoms with van der Waals surface area (Å²) in [6.45, 7) is 0. The number of nitrogens with one attached hydrogen (secondary N) is 1. The number of benzene rings is 2. The van der Waals surface area contributed by atoms with Gasteiger partial charge in [0.15, 0.2) is 0 Å². The molecule has 5 heteroatoms. The number of carbonyl (C=O) groups excluding carboxylic acids is 1. The summed E-state index contributed by atoms with van der Waals surface area (Å²) in [6.07, 6.45) is 3.12. The normalized spacial score (nSPS) is 10.7. The molecule has 2 rings (SSSR count). The van der Waals surface area contributed by atoms with Crippen molar-refractivity contribution in [3.05, 3.63) is 64.1 Å². The Bertz CT molecular complexity index is 651. The SMILES string of the molecule is Nc1ccc(/C=C/C(=O)Nc2ccc(Cl)cc2Cl)cc1. The summed E-state index contributed by atoms with van der Waals surface area (Å²) in [5.41, 5.74) is 7.67. The van der Waals surface area contributed by atoms with E-state index < -0.39 is 0 Å². The summed E-state index contributed by atoms with van der Waals surface area (Å²) in [6, 6.07) is 12.1. The lowest BCUT2D eigenvalue weighted by molar-refractivity contribution is -0.111. The number of rotatable bonds is 3. The lowest BCUT2D eigenvalue weighted by Gasteiger charge is -2.04. The van der Waals surface area contributed by atoms with Gasteiger partial charge in [0.2, 0.25) is 5.91 Å². The van der Waals surface area contributed by atoms with Gasteiger partial charge in [-0.25, -0.2) is 0 Å². The van der Waals surface area contributed by atoms with Crippen molar-refractivity contribution in [1.82, 2.24) is 0 Å². The molecule has 0 fully saturated rings. The Morgan fingerprint density at radius 1 is 1.10 bits per heavy atom. The molecule has 0 saturated heterocycles. The third kappa shape index (κ3) is 4.02. The number of amides is 1. The van der Waals surface area contributed by atoms with Gasteiger partial charge in [-0.15, -0.1) is 0 Å². The van der Waals surface area contributed by atoms with Crippen LogP contribution in [0.4, 0.5) is 11.4 Å². The Kier molecular flexibility index (Phi) is 4.66. The van der Waals surface area contributed by atoms with Crippen LogP contribution in [-0.2, 0) is 4.79 Å². The Morgan fingerprint density at radius 2 is 1.80 bits per heavy atom. The summed E-state index contributed by atoms with van der Waals surface area (Å²) in [5, 5.41) is 3.59. The molecule has 0 unspecified atom stereocenters. The zero-order valence-electron chi connectivity index (χ0n) is 10.4. The monoisotopic (exact) mass is 306 g/mol. The van der Waals surface area contributed by atoms with Crippen molar-refractivity contribution >= 4 is 46.6 Å². The van der Waals surface area contributed by atoms with Gasteiger partial charge in [-0.3, -0.25) is 4.79 Å². The van der Waals surface area contributed by atoms with Crippen molar-refractivity contribution < 1.29 is 4.79 Å². The molecule has 0 bridgehead atoms. The van der Waals surface area contributed by atoms with Gasteiger partial charge in [0.05, 0.1) is 10.7 Å². The number of hydrogen-bond donors (Lipinski definition) is 2. The van der Waals surface area contributed by atoms with Crippen molar-refractivity contribution in [2.24, 2.45) is 0 Å². The van der Waals surface area contributed by atoms with Gasteiger partial charge < -0.3 is 11.1 Å². The van der Waals surface area contributed by atoms with Gasteiger partial charge in [0.25, 0.3) is 0 Å². The molecule has 2 aromatic carbocycles. The lowest BCUT2D eigenvalue weighted by atomic mass is 10.2. The third-order valence-electron chi connectivity index (χ3n) is 2.55. The number of nitrogens with two attached hydrogens (primary N) is 1. The maximum absolute atomic E-state index is 11.8. The summed E-state index contributed by atoms with van der Waals surface area (Å²) in [5.74, 6) is -0.272. The van der Waals surface area contributed by atoms with Crippen LogP contribution in [0.3, 0.4) is 0 Å². The van der Waals surface area contributed by atoms with Crippen molar-refractivity contribution in [1.29, 1.82) is 0 Å². The van der Waals surface area contributed by atoms with E-state index in [1.54, 1.807) is 36.4 Å². The first-order valence-corrected chi connectivity index (χ1v) is 6.60. The van der Waals surface area contributed by atoms with Crippen molar-refractivity contribution in [3.8, 4) is 0 Å². The molecule has 0 spiro atoms. The van der Waals surface area contributed by atoms with Gasteiger partial charge in [-0.1, -0.05) is 35.3 Å². The fraction of sp³-hybridized carbons (Fsp3) is 0. The number of nitrogen functional groups attached to an aromatic ring is 1. The summed E-state index contributed by atoms with van der Waals surface area (Å²) < 4.78 is 0. The quantitative estimate of drug-likeness (QED) is 0.658. The third-order valence-corrected chi connectivity index (χ3v) is 3.10. The molecule has 0 aliphatic carbocycles. The second-order valence-corrected chi connectivity index (χ2v) is 4.96. The highest BCUT2D eigenvalue weighted by Gasteiger charge is 2.03. The molecule has 102 valence electrons. The van der Waals surface area contributed by atoms with E-state index in [4.69, 9.17) is 28.9 Å². The highest BCUT2D eigenvalue weighted by Crippen LogP contribution is 2.25. The first-order valence-electron chi connectivity index (χ1n) is 5.84. The minimum atomic E-state index is -0.272. The lowest BCUT2D eigenvalue weighted by Crippen LogP contribution is -2.08. The highest BCUT2D eigenvalue weighted by molar-refractivity contribution is 6.36. The predicted molar refractivity (Wildman–Crippen MR) is 85.0 cm³/mol. The van der Waals surface area contributed by atoms with Gasteiger partial charge in [0.1, 0.15) is 0 Å². The predicted octanol–water partition coefficient (Wildman–Crippen LogP) is 4.23. The first-order chi connectivity index (χ1) is 9.54. The average molecular weight is 307 g/mol. The van der Waals surface area contributed by atoms with Crippen molar-refractivity contribution in [3.63, 3.8) is 0 Å². The molecule has 0 aliphatic rings. The van der Waals surface area contributed by atoms with Crippen LogP contribution in [0.25, 0.3) is 6.08 Å². The Labute approximate surface area is 127 Å². The molecule has 1 amide bonds.